The van der Waals surface area contributed by atoms with E-state index in [4.69, 9.17) is 0 Å². The van der Waals surface area contributed by atoms with Crippen molar-refractivity contribution in [1.82, 2.24) is 15.5 Å². The van der Waals surface area contributed by atoms with E-state index < -0.39 is 0 Å². The molecule has 0 saturated carbocycles. The van der Waals surface area contributed by atoms with E-state index >= 15 is 0 Å². The molecule has 0 radical (unpaired) electrons. The Morgan fingerprint density at radius 2 is 2.17 bits per heavy atom. The molecule has 0 aliphatic rings. The second-order valence-corrected chi connectivity index (χ2v) is 7.89. The van der Waals surface area contributed by atoms with Gasteiger partial charge in [-0.25, -0.2) is 0 Å². The Morgan fingerprint density at radius 1 is 1.30 bits per heavy atom. The smallest absolute Gasteiger partial charge is 0.261 e. The van der Waals surface area contributed by atoms with Gasteiger partial charge in [0.05, 0.1) is 25.8 Å². The summed E-state index contributed by atoms with van der Waals surface area (Å²) in [6, 6.07) is 9.14. The molecule has 9 heteroatoms. The number of halogens is 1. The Kier molecular flexibility index (Phi) is 4.89. The van der Waals surface area contributed by atoms with Gasteiger partial charge in [0.25, 0.3) is 5.91 Å². The fraction of sp³-hybridized carbons (Fsp3) is 0.0714. The number of thiophene rings is 2. The fourth-order valence-electron chi connectivity index (χ4n) is 1.81. The molecule has 118 valence electrons. The number of nitrogens with zero attached hydrogens (tertiary/aromatic N) is 1. The summed E-state index contributed by atoms with van der Waals surface area (Å²) in [7, 11) is 0. The summed E-state index contributed by atoms with van der Waals surface area (Å²) in [6.07, 6.45) is 0. The average Bonchev–Trinajstić information content (AvgIpc) is 3.25. The van der Waals surface area contributed by atoms with Crippen LogP contribution in [0.25, 0.3) is 10.6 Å². The van der Waals surface area contributed by atoms with Crippen LogP contribution in [0.5, 0.6) is 0 Å². The first-order chi connectivity index (χ1) is 11.1. The van der Waals surface area contributed by atoms with Gasteiger partial charge in [0.1, 0.15) is 0 Å². The standard InChI is InChI=1S/C14H11BrN4O2S2/c15-11-4-3-10(23-11)14(21)16-7-13(20)17-12-6-8(18-19-12)9-2-1-5-22-9/h1-6H,7H2,(H,16,21)(H2,17,18,19,20). The molecule has 2 amide bonds. The number of aromatic nitrogens is 2. The maximum absolute atomic E-state index is 11.9. The minimum Gasteiger partial charge on any atom is -0.342 e. The molecule has 0 bridgehead atoms. The molecule has 0 fully saturated rings. The molecule has 0 atom stereocenters. The van der Waals surface area contributed by atoms with Crippen LogP contribution in [0.3, 0.4) is 0 Å². The quantitative estimate of drug-likeness (QED) is 0.602. The Morgan fingerprint density at radius 3 is 2.87 bits per heavy atom. The van der Waals surface area contributed by atoms with E-state index in [1.807, 2.05) is 17.5 Å². The maximum atomic E-state index is 11.9. The summed E-state index contributed by atoms with van der Waals surface area (Å²) in [5.41, 5.74) is 0.836. The van der Waals surface area contributed by atoms with Crippen molar-refractivity contribution in [2.45, 2.75) is 0 Å². The first kappa shape index (κ1) is 15.9. The van der Waals surface area contributed by atoms with Crippen LogP contribution in [0.2, 0.25) is 0 Å². The van der Waals surface area contributed by atoms with Gasteiger partial charge in [0.15, 0.2) is 5.82 Å². The van der Waals surface area contributed by atoms with Crippen molar-refractivity contribution < 1.29 is 9.59 Å². The normalized spacial score (nSPS) is 10.5. The Hall–Kier alpha value is -1.97. The molecule has 0 aliphatic heterocycles. The highest BCUT2D eigenvalue weighted by molar-refractivity contribution is 9.11. The highest BCUT2D eigenvalue weighted by Gasteiger charge is 2.12. The van der Waals surface area contributed by atoms with Crippen LogP contribution in [0.4, 0.5) is 5.82 Å². The molecule has 0 aromatic carbocycles. The van der Waals surface area contributed by atoms with Crippen molar-refractivity contribution in [2.24, 2.45) is 0 Å². The Balaban J connectivity index is 1.52. The van der Waals surface area contributed by atoms with Crippen molar-refractivity contribution in [3.63, 3.8) is 0 Å². The molecule has 3 N–H and O–H groups in total. The predicted octanol–water partition coefficient (Wildman–Crippen LogP) is 3.33. The van der Waals surface area contributed by atoms with Crippen molar-refractivity contribution in [1.29, 1.82) is 0 Å². The zero-order valence-corrected chi connectivity index (χ0v) is 14.8. The summed E-state index contributed by atoms with van der Waals surface area (Å²) < 4.78 is 0.865. The van der Waals surface area contributed by atoms with E-state index in [-0.39, 0.29) is 18.4 Å². The van der Waals surface area contributed by atoms with E-state index in [2.05, 4.69) is 36.8 Å². The number of amides is 2. The van der Waals surface area contributed by atoms with Crippen LogP contribution in [0.15, 0.2) is 39.5 Å². The van der Waals surface area contributed by atoms with E-state index in [0.29, 0.717) is 10.7 Å². The van der Waals surface area contributed by atoms with Crippen molar-refractivity contribution in [3.8, 4) is 10.6 Å². The van der Waals surface area contributed by atoms with Crippen LogP contribution in [-0.2, 0) is 4.79 Å². The minimum absolute atomic E-state index is 0.116. The number of carbonyl (C=O) groups excluding carboxylic acids is 2. The first-order valence-corrected chi connectivity index (χ1v) is 9.03. The number of rotatable bonds is 5. The third-order valence-corrected chi connectivity index (χ3v) is 5.36. The molecule has 23 heavy (non-hydrogen) atoms. The molecule has 0 aliphatic carbocycles. The van der Waals surface area contributed by atoms with Gasteiger partial charge < -0.3 is 10.6 Å². The van der Waals surface area contributed by atoms with E-state index in [1.165, 1.54) is 11.3 Å². The monoisotopic (exact) mass is 410 g/mol. The number of carbonyl (C=O) groups is 2. The zero-order chi connectivity index (χ0) is 16.2. The number of aromatic amines is 1. The average molecular weight is 411 g/mol. The van der Waals surface area contributed by atoms with Crippen LogP contribution in [0.1, 0.15) is 9.67 Å². The number of H-pyrrole nitrogens is 1. The van der Waals surface area contributed by atoms with Crippen molar-refractivity contribution in [2.75, 3.05) is 11.9 Å². The molecular weight excluding hydrogens is 400 g/mol. The van der Waals surface area contributed by atoms with Gasteiger partial charge in [-0.05, 0) is 39.5 Å². The molecule has 0 saturated heterocycles. The summed E-state index contributed by atoms with van der Waals surface area (Å²) in [5.74, 6) is -0.193. The lowest BCUT2D eigenvalue weighted by Gasteiger charge is -2.03. The highest BCUT2D eigenvalue weighted by atomic mass is 79.9. The van der Waals surface area contributed by atoms with Gasteiger partial charge >= 0.3 is 0 Å². The molecule has 0 spiro atoms. The summed E-state index contributed by atoms with van der Waals surface area (Å²) in [6.45, 7) is -0.116. The van der Waals surface area contributed by atoms with E-state index in [0.717, 1.165) is 14.4 Å². The van der Waals surface area contributed by atoms with E-state index in [9.17, 15) is 9.59 Å². The number of anilines is 1. The van der Waals surface area contributed by atoms with Crippen molar-refractivity contribution in [3.05, 3.63) is 44.4 Å². The largest absolute Gasteiger partial charge is 0.342 e. The molecule has 0 unspecified atom stereocenters. The molecule has 3 aromatic rings. The van der Waals surface area contributed by atoms with Gasteiger partial charge in [-0.15, -0.1) is 22.7 Å². The first-order valence-electron chi connectivity index (χ1n) is 6.54. The third kappa shape index (κ3) is 4.06. The molecular formula is C14H11BrN4O2S2. The number of hydrogen-bond acceptors (Lipinski definition) is 5. The number of nitrogens with one attached hydrogen (secondary N) is 3. The summed E-state index contributed by atoms with van der Waals surface area (Å²) in [5, 5.41) is 14.1. The van der Waals surface area contributed by atoms with Crippen LogP contribution < -0.4 is 10.6 Å². The lowest BCUT2D eigenvalue weighted by Crippen LogP contribution is -2.32. The fourth-order valence-corrected chi connectivity index (χ4v) is 3.81. The number of hydrogen-bond donors (Lipinski definition) is 3. The van der Waals surface area contributed by atoms with E-state index in [1.54, 1.807) is 29.5 Å². The van der Waals surface area contributed by atoms with Gasteiger partial charge in [-0.2, -0.15) is 5.10 Å². The lowest BCUT2D eigenvalue weighted by atomic mass is 10.3. The van der Waals surface area contributed by atoms with Gasteiger partial charge in [0.2, 0.25) is 5.91 Å². The zero-order valence-electron chi connectivity index (χ0n) is 11.6. The second kappa shape index (κ2) is 7.07. The Labute approximate surface area is 148 Å². The van der Waals surface area contributed by atoms with Gasteiger partial charge in [-0.1, -0.05) is 6.07 Å². The summed E-state index contributed by atoms with van der Waals surface area (Å²) in [4.78, 5) is 25.3. The molecule has 6 nitrogen and oxygen atoms in total. The topological polar surface area (TPSA) is 86.9 Å². The second-order valence-electron chi connectivity index (χ2n) is 4.48. The lowest BCUT2D eigenvalue weighted by molar-refractivity contribution is -0.115. The minimum atomic E-state index is -0.335. The SMILES string of the molecule is O=C(CNC(=O)c1ccc(Br)s1)Nc1cc(-c2cccs2)[nH]n1. The Bertz CT molecular complexity index is 826. The molecule has 3 heterocycles. The van der Waals surface area contributed by atoms with Crippen LogP contribution in [0, 0.1) is 0 Å². The highest BCUT2D eigenvalue weighted by Crippen LogP contribution is 2.24. The molecule has 3 rings (SSSR count). The van der Waals surface area contributed by atoms with Crippen molar-refractivity contribution >= 4 is 56.2 Å². The van der Waals surface area contributed by atoms with Crippen LogP contribution >= 0.6 is 38.6 Å². The van der Waals surface area contributed by atoms with Crippen LogP contribution in [-0.4, -0.2) is 28.6 Å². The van der Waals surface area contributed by atoms with Gasteiger partial charge in [-0.3, -0.25) is 14.7 Å². The molecule has 3 aromatic heterocycles. The summed E-state index contributed by atoms with van der Waals surface area (Å²) >= 11 is 6.18. The predicted molar refractivity (Wildman–Crippen MR) is 94.9 cm³/mol. The maximum Gasteiger partial charge on any atom is 0.261 e. The van der Waals surface area contributed by atoms with Gasteiger partial charge in [0, 0.05) is 6.07 Å². The third-order valence-electron chi connectivity index (χ3n) is 2.84.